The maximum absolute atomic E-state index is 11.1. The summed E-state index contributed by atoms with van der Waals surface area (Å²) < 4.78 is 0. The minimum absolute atomic E-state index is 0.289. The number of carbonyl (C=O) groups is 1. The van der Waals surface area contributed by atoms with E-state index in [0.29, 0.717) is 5.92 Å². The van der Waals surface area contributed by atoms with E-state index in [1.807, 2.05) is 13.0 Å². The Labute approximate surface area is 80.2 Å². The molecule has 0 bridgehead atoms. The van der Waals surface area contributed by atoms with Crippen molar-refractivity contribution in [3.63, 3.8) is 0 Å². The second-order valence-corrected chi connectivity index (χ2v) is 3.55. The second-order valence-electron chi connectivity index (χ2n) is 3.55. The number of carbonyl (C=O) groups excluding carboxylic acids is 1. The zero-order chi connectivity index (χ0) is 9.68. The molecule has 0 aliphatic heterocycles. The molecule has 0 spiro atoms. The lowest BCUT2D eigenvalue weighted by molar-refractivity contribution is -0.115. The van der Waals surface area contributed by atoms with Gasteiger partial charge in [0.2, 0.25) is 0 Å². The van der Waals surface area contributed by atoms with E-state index in [-0.39, 0.29) is 5.78 Å². The Morgan fingerprint density at radius 2 is 2.38 bits per heavy atom. The minimum Gasteiger partial charge on any atom is -0.295 e. The Morgan fingerprint density at radius 1 is 1.62 bits per heavy atom. The van der Waals surface area contributed by atoms with Gasteiger partial charge < -0.3 is 0 Å². The molecule has 0 N–H and O–H groups in total. The molecule has 0 saturated heterocycles. The molecule has 0 heterocycles. The quantitative estimate of drug-likeness (QED) is 0.591. The number of rotatable bonds is 2. The zero-order valence-corrected chi connectivity index (χ0v) is 8.39. The lowest BCUT2D eigenvalue weighted by Crippen LogP contribution is -2.11. The van der Waals surface area contributed by atoms with Crippen LogP contribution < -0.4 is 0 Å². The van der Waals surface area contributed by atoms with Crippen LogP contribution in [0.3, 0.4) is 0 Å². The van der Waals surface area contributed by atoms with Crippen molar-refractivity contribution >= 4 is 5.78 Å². The molecular weight excluding hydrogens is 160 g/mol. The summed E-state index contributed by atoms with van der Waals surface area (Å²) in [6.07, 6.45) is 5.42. The summed E-state index contributed by atoms with van der Waals surface area (Å²) in [5.41, 5.74) is 1.29. The predicted molar refractivity (Wildman–Crippen MR) is 54.2 cm³/mol. The van der Waals surface area contributed by atoms with Crippen molar-refractivity contribution in [1.29, 1.82) is 0 Å². The minimum atomic E-state index is 0.289. The van der Waals surface area contributed by atoms with Gasteiger partial charge in [-0.25, -0.2) is 0 Å². The van der Waals surface area contributed by atoms with Crippen molar-refractivity contribution in [3.05, 3.63) is 11.6 Å². The third-order valence-electron chi connectivity index (χ3n) is 2.52. The van der Waals surface area contributed by atoms with Gasteiger partial charge in [-0.1, -0.05) is 12.5 Å². The van der Waals surface area contributed by atoms with Crippen LogP contribution in [0.1, 0.15) is 39.5 Å². The van der Waals surface area contributed by atoms with Crippen molar-refractivity contribution in [2.45, 2.75) is 39.5 Å². The molecule has 70 valence electrons. The fourth-order valence-corrected chi connectivity index (χ4v) is 1.62. The predicted octanol–water partition coefficient (Wildman–Crippen LogP) is 2.72. The lowest BCUT2D eigenvalue weighted by atomic mass is 9.86. The normalized spacial score (nSPS) is 21.8. The molecule has 13 heavy (non-hydrogen) atoms. The molecule has 1 unspecified atom stereocenters. The Morgan fingerprint density at radius 3 is 3.08 bits per heavy atom. The summed E-state index contributed by atoms with van der Waals surface area (Å²) in [6.45, 7) is 4.04. The summed E-state index contributed by atoms with van der Waals surface area (Å²) in [5.74, 6) is 6.77. The molecular formula is C12H16O. The molecule has 0 amide bonds. The highest BCUT2D eigenvalue weighted by Gasteiger charge is 2.16. The average Bonchev–Trinajstić information content (AvgIpc) is 2.11. The smallest absolute Gasteiger partial charge is 0.155 e. The summed E-state index contributed by atoms with van der Waals surface area (Å²) in [6, 6.07) is 0. The Kier molecular flexibility index (Phi) is 3.76. The van der Waals surface area contributed by atoms with Gasteiger partial charge in [-0.3, -0.25) is 4.79 Å². The lowest BCUT2D eigenvalue weighted by Gasteiger charge is -2.18. The topological polar surface area (TPSA) is 17.1 Å². The molecule has 1 aliphatic carbocycles. The number of allylic oxidation sites excluding steroid dienone is 2. The molecule has 1 nitrogen and oxygen atoms in total. The summed E-state index contributed by atoms with van der Waals surface area (Å²) in [5, 5.41) is 0. The fourth-order valence-electron chi connectivity index (χ4n) is 1.62. The van der Waals surface area contributed by atoms with Gasteiger partial charge in [0.15, 0.2) is 5.78 Å². The molecule has 1 aliphatic rings. The molecule has 0 aromatic rings. The molecule has 0 radical (unpaired) electrons. The molecule has 1 heteroatoms. The number of hydrogen-bond acceptors (Lipinski definition) is 1. The standard InChI is InChI=1S/C12H16O/c1-3-4-5-6-11-9-12(13)8-7-10(11)2/h9-10H,5-8H2,1-2H3. The SMILES string of the molecule is CC#CCCC1=CC(=O)CCC1C. The first-order valence-electron chi connectivity index (χ1n) is 4.87. The number of ketones is 1. The van der Waals surface area contributed by atoms with Crippen LogP contribution in [0.2, 0.25) is 0 Å². The van der Waals surface area contributed by atoms with E-state index >= 15 is 0 Å². The van der Waals surface area contributed by atoms with Crippen LogP contribution in [0.15, 0.2) is 11.6 Å². The van der Waals surface area contributed by atoms with Gasteiger partial charge in [0.25, 0.3) is 0 Å². The molecule has 0 fully saturated rings. The molecule has 1 rings (SSSR count). The Hall–Kier alpha value is -1.03. The van der Waals surface area contributed by atoms with E-state index in [4.69, 9.17) is 0 Å². The highest BCUT2D eigenvalue weighted by atomic mass is 16.1. The summed E-state index contributed by atoms with van der Waals surface area (Å²) >= 11 is 0. The van der Waals surface area contributed by atoms with E-state index in [1.165, 1.54) is 5.57 Å². The van der Waals surface area contributed by atoms with Crippen LogP contribution in [-0.2, 0) is 4.79 Å². The Bertz CT molecular complexity index is 275. The van der Waals surface area contributed by atoms with E-state index < -0.39 is 0 Å². The third-order valence-corrected chi connectivity index (χ3v) is 2.52. The van der Waals surface area contributed by atoms with Crippen molar-refractivity contribution < 1.29 is 4.79 Å². The van der Waals surface area contributed by atoms with Crippen LogP contribution in [0.25, 0.3) is 0 Å². The van der Waals surface area contributed by atoms with Gasteiger partial charge >= 0.3 is 0 Å². The van der Waals surface area contributed by atoms with Crippen LogP contribution in [0.4, 0.5) is 0 Å². The molecule has 0 aromatic carbocycles. The van der Waals surface area contributed by atoms with Gasteiger partial charge in [0, 0.05) is 12.8 Å². The van der Waals surface area contributed by atoms with Gasteiger partial charge in [-0.2, -0.15) is 0 Å². The van der Waals surface area contributed by atoms with E-state index in [9.17, 15) is 4.79 Å². The van der Waals surface area contributed by atoms with E-state index in [2.05, 4.69) is 18.8 Å². The van der Waals surface area contributed by atoms with Crippen LogP contribution in [0.5, 0.6) is 0 Å². The van der Waals surface area contributed by atoms with Crippen molar-refractivity contribution in [1.82, 2.24) is 0 Å². The van der Waals surface area contributed by atoms with E-state index in [0.717, 1.165) is 25.7 Å². The first-order valence-corrected chi connectivity index (χ1v) is 4.87. The van der Waals surface area contributed by atoms with Crippen molar-refractivity contribution in [2.24, 2.45) is 5.92 Å². The maximum Gasteiger partial charge on any atom is 0.155 e. The van der Waals surface area contributed by atoms with Crippen LogP contribution in [-0.4, -0.2) is 5.78 Å². The number of hydrogen-bond donors (Lipinski definition) is 0. The first-order chi connectivity index (χ1) is 6.24. The van der Waals surface area contributed by atoms with E-state index in [1.54, 1.807) is 0 Å². The zero-order valence-electron chi connectivity index (χ0n) is 8.39. The maximum atomic E-state index is 11.1. The largest absolute Gasteiger partial charge is 0.295 e. The summed E-state index contributed by atoms with van der Waals surface area (Å²) in [7, 11) is 0. The van der Waals surface area contributed by atoms with Gasteiger partial charge in [0.05, 0.1) is 0 Å². The van der Waals surface area contributed by atoms with Gasteiger partial charge in [-0.15, -0.1) is 11.8 Å². The van der Waals surface area contributed by atoms with Crippen LogP contribution in [0, 0.1) is 17.8 Å². The first kappa shape index (κ1) is 10.1. The highest BCUT2D eigenvalue weighted by molar-refractivity contribution is 5.91. The van der Waals surface area contributed by atoms with Crippen LogP contribution >= 0.6 is 0 Å². The Balaban J connectivity index is 2.53. The summed E-state index contributed by atoms with van der Waals surface area (Å²) in [4.78, 5) is 11.1. The second kappa shape index (κ2) is 4.87. The monoisotopic (exact) mass is 176 g/mol. The fraction of sp³-hybridized carbons (Fsp3) is 0.583. The highest BCUT2D eigenvalue weighted by Crippen LogP contribution is 2.25. The third kappa shape index (κ3) is 3.06. The van der Waals surface area contributed by atoms with Crippen molar-refractivity contribution in [2.75, 3.05) is 0 Å². The van der Waals surface area contributed by atoms with Gasteiger partial charge in [-0.05, 0) is 31.8 Å². The van der Waals surface area contributed by atoms with Gasteiger partial charge in [0.1, 0.15) is 0 Å². The average molecular weight is 176 g/mol. The molecule has 0 aromatic heterocycles. The molecule has 1 atom stereocenters. The van der Waals surface area contributed by atoms with Crippen molar-refractivity contribution in [3.8, 4) is 11.8 Å². The molecule has 0 saturated carbocycles.